The van der Waals surface area contributed by atoms with Gasteiger partial charge in [-0.15, -0.1) is 0 Å². The number of piperazine rings is 1. The van der Waals surface area contributed by atoms with E-state index in [2.05, 4.69) is 22.3 Å². The lowest BCUT2D eigenvalue weighted by Crippen LogP contribution is -2.59. The molecule has 0 amide bonds. The van der Waals surface area contributed by atoms with E-state index in [4.69, 9.17) is 0 Å². The lowest BCUT2D eigenvalue weighted by Gasteiger charge is -2.49. The Kier molecular flexibility index (Phi) is 4.30. The molecule has 8 heteroatoms. The van der Waals surface area contributed by atoms with Crippen molar-refractivity contribution in [3.63, 3.8) is 0 Å². The van der Waals surface area contributed by atoms with E-state index in [0.717, 1.165) is 25.9 Å². The number of aromatic carboxylic acids is 1. The summed E-state index contributed by atoms with van der Waals surface area (Å²) in [6, 6.07) is 3.61. The summed E-state index contributed by atoms with van der Waals surface area (Å²) in [5.74, 6) is -1.82. The molecule has 0 radical (unpaired) electrons. The van der Waals surface area contributed by atoms with E-state index in [-0.39, 0.29) is 5.39 Å². The summed E-state index contributed by atoms with van der Waals surface area (Å²) >= 11 is 0. The summed E-state index contributed by atoms with van der Waals surface area (Å²) in [7, 11) is 3.76. The average Bonchev–Trinajstić information content (AvgIpc) is 2.62. The van der Waals surface area contributed by atoms with E-state index in [1.165, 1.54) is 23.4 Å². The maximum atomic E-state index is 15.0. The molecule has 3 heterocycles. The third kappa shape index (κ3) is 2.84. The zero-order valence-electron chi connectivity index (χ0n) is 15.4. The summed E-state index contributed by atoms with van der Waals surface area (Å²) in [6.45, 7) is 1.48. The summed E-state index contributed by atoms with van der Waals surface area (Å²) < 4.78 is 16.4. The number of rotatable bonds is 3. The van der Waals surface area contributed by atoms with Crippen molar-refractivity contribution < 1.29 is 14.3 Å². The fourth-order valence-electron chi connectivity index (χ4n) is 4.43. The van der Waals surface area contributed by atoms with Crippen LogP contribution in [0.1, 0.15) is 29.6 Å². The van der Waals surface area contributed by atoms with Gasteiger partial charge in [-0.2, -0.15) is 0 Å². The summed E-state index contributed by atoms with van der Waals surface area (Å²) in [5, 5.41) is 9.30. The fraction of sp³-hybridized carbons (Fsp3) is 0.474. The Balaban J connectivity index is 1.83. The molecular formula is C19H23FN4O3. The predicted octanol–water partition coefficient (Wildman–Crippen LogP) is 1.68. The number of pyridine rings is 1. The first kappa shape index (κ1) is 17.8. The highest BCUT2D eigenvalue weighted by Crippen LogP contribution is 2.32. The number of fused-ring (bicyclic) bond motifs is 3. The first-order chi connectivity index (χ1) is 12.9. The Bertz CT molecular complexity index is 960. The van der Waals surface area contributed by atoms with Crippen LogP contribution in [0.5, 0.6) is 0 Å². The third-order valence-electron chi connectivity index (χ3n) is 5.97. The zero-order chi connectivity index (χ0) is 19.3. The number of piperidine rings is 1. The molecule has 2 atom stereocenters. The maximum Gasteiger partial charge on any atom is 0.341 e. The van der Waals surface area contributed by atoms with E-state index in [9.17, 15) is 19.1 Å². The van der Waals surface area contributed by atoms with Crippen molar-refractivity contribution in [1.29, 1.82) is 0 Å². The van der Waals surface area contributed by atoms with Crippen LogP contribution in [-0.4, -0.2) is 59.9 Å². The number of benzene rings is 1. The Labute approximate surface area is 156 Å². The summed E-state index contributed by atoms with van der Waals surface area (Å²) in [5.41, 5.74) is 2.71. The van der Waals surface area contributed by atoms with Crippen LogP contribution in [0, 0.1) is 5.82 Å². The second-order valence-corrected chi connectivity index (χ2v) is 7.40. The number of carboxylic acid groups (broad SMARTS) is 1. The van der Waals surface area contributed by atoms with Gasteiger partial charge in [0.15, 0.2) is 0 Å². The first-order valence-corrected chi connectivity index (χ1v) is 9.17. The van der Waals surface area contributed by atoms with Gasteiger partial charge in [-0.1, -0.05) is 6.42 Å². The van der Waals surface area contributed by atoms with Gasteiger partial charge in [0.2, 0.25) is 5.43 Å². The van der Waals surface area contributed by atoms with Gasteiger partial charge in [-0.05, 0) is 32.0 Å². The van der Waals surface area contributed by atoms with Gasteiger partial charge in [0.05, 0.1) is 16.6 Å². The smallest absolute Gasteiger partial charge is 0.341 e. The standard InChI is InChI=1S/C19H23FN4O3/c1-21-24-10-14(19(26)27)18(25)13-6-15(20)17(7-16(13)24)23-8-11-4-3-5-12(9-23)22(11)2/h6-7,10-12,21H,3-5,8-9H2,1-2H3,(H,26,27). The van der Waals surface area contributed by atoms with Crippen molar-refractivity contribution in [3.05, 3.63) is 39.9 Å². The van der Waals surface area contributed by atoms with E-state index in [0.29, 0.717) is 23.3 Å². The lowest BCUT2D eigenvalue weighted by molar-refractivity contribution is 0.0695. The molecule has 2 bridgehead atoms. The molecule has 27 heavy (non-hydrogen) atoms. The average molecular weight is 374 g/mol. The highest BCUT2D eigenvalue weighted by atomic mass is 19.1. The van der Waals surface area contributed by atoms with Crippen LogP contribution < -0.4 is 15.8 Å². The van der Waals surface area contributed by atoms with Crippen molar-refractivity contribution in [1.82, 2.24) is 9.58 Å². The topological polar surface area (TPSA) is 77.8 Å². The number of anilines is 1. The SMILES string of the molecule is CNn1cc(C(=O)O)c(=O)c2cc(F)c(N3CC4CCCC(C3)N4C)cc21. The van der Waals surface area contributed by atoms with Crippen molar-refractivity contribution in [2.45, 2.75) is 31.3 Å². The normalized spacial score (nSPS) is 22.9. The monoisotopic (exact) mass is 374 g/mol. The number of carbonyl (C=O) groups is 1. The molecule has 2 aliphatic rings. The fourth-order valence-corrected chi connectivity index (χ4v) is 4.43. The molecule has 2 fully saturated rings. The molecule has 0 aliphatic carbocycles. The van der Waals surface area contributed by atoms with Crippen LogP contribution in [0.25, 0.3) is 10.9 Å². The Morgan fingerprint density at radius 3 is 2.52 bits per heavy atom. The number of carboxylic acids is 1. The van der Waals surface area contributed by atoms with Crippen LogP contribution in [0.3, 0.4) is 0 Å². The minimum atomic E-state index is -1.33. The third-order valence-corrected chi connectivity index (χ3v) is 5.97. The maximum absolute atomic E-state index is 15.0. The molecule has 1 aromatic heterocycles. The van der Waals surface area contributed by atoms with Gasteiger partial charge >= 0.3 is 5.97 Å². The van der Waals surface area contributed by atoms with Crippen LogP contribution >= 0.6 is 0 Å². The number of nitrogens with one attached hydrogen (secondary N) is 1. The Hall–Kier alpha value is -2.61. The molecule has 144 valence electrons. The number of likely N-dealkylation sites (N-methyl/N-ethyl adjacent to an activating group) is 1. The van der Waals surface area contributed by atoms with E-state index < -0.39 is 22.8 Å². The van der Waals surface area contributed by atoms with E-state index >= 15 is 0 Å². The Morgan fingerprint density at radius 1 is 1.26 bits per heavy atom. The lowest BCUT2D eigenvalue weighted by atomic mass is 9.91. The van der Waals surface area contributed by atoms with Gasteiger partial charge in [-0.3, -0.25) is 14.4 Å². The van der Waals surface area contributed by atoms with Gasteiger partial charge < -0.3 is 15.4 Å². The number of aromatic nitrogens is 1. The molecule has 2 aromatic rings. The molecular weight excluding hydrogens is 351 g/mol. The molecule has 1 aromatic carbocycles. The van der Waals surface area contributed by atoms with Crippen molar-refractivity contribution in [2.75, 3.05) is 37.5 Å². The van der Waals surface area contributed by atoms with Gasteiger partial charge in [0.25, 0.3) is 0 Å². The van der Waals surface area contributed by atoms with Crippen molar-refractivity contribution in [3.8, 4) is 0 Å². The number of hydrogen-bond donors (Lipinski definition) is 2. The highest BCUT2D eigenvalue weighted by molar-refractivity contribution is 5.93. The number of halogens is 1. The Morgan fingerprint density at radius 2 is 1.93 bits per heavy atom. The van der Waals surface area contributed by atoms with E-state index in [1.807, 2.05) is 0 Å². The second kappa shape index (κ2) is 6.53. The molecule has 2 unspecified atom stereocenters. The zero-order valence-corrected chi connectivity index (χ0v) is 15.4. The summed E-state index contributed by atoms with van der Waals surface area (Å²) in [4.78, 5) is 28.2. The minimum Gasteiger partial charge on any atom is -0.477 e. The van der Waals surface area contributed by atoms with Gasteiger partial charge in [0.1, 0.15) is 11.4 Å². The molecule has 2 saturated heterocycles. The van der Waals surface area contributed by atoms with Crippen molar-refractivity contribution in [2.24, 2.45) is 0 Å². The number of nitrogens with zero attached hydrogens (tertiary/aromatic N) is 3. The molecule has 7 nitrogen and oxygen atoms in total. The highest BCUT2D eigenvalue weighted by Gasteiger charge is 2.35. The molecule has 2 N–H and O–H groups in total. The molecule has 4 rings (SSSR count). The van der Waals surface area contributed by atoms with Crippen LogP contribution in [-0.2, 0) is 0 Å². The van der Waals surface area contributed by atoms with Crippen LogP contribution in [0.4, 0.5) is 10.1 Å². The quantitative estimate of drug-likeness (QED) is 0.851. The number of hydrogen-bond acceptors (Lipinski definition) is 5. The minimum absolute atomic E-state index is 0.0554. The largest absolute Gasteiger partial charge is 0.477 e. The first-order valence-electron chi connectivity index (χ1n) is 9.17. The van der Waals surface area contributed by atoms with Gasteiger partial charge in [-0.25, -0.2) is 9.18 Å². The van der Waals surface area contributed by atoms with Gasteiger partial charge in [0, 0.05) is 38.4 Å². The van der Waals surface area contributed by atoms with Crippen molar-refractivity contribution >= 4 is 22.6 Å². The second-order valence-electron chi connectivity index (χ2n) is 7.40. The molecule has 0 saturated carbocycles. The van der Waals surface area contributed by atoms with Crippen LogP contribution in [0.15, 0.2) is 23.1 Å². The molecule has 2 aliphatic heterocycles. The predicted molar refractivity (Wildman–Crippen MR) is 102 cm³/mol. The summed E-state index contributed by atoms with van der Waals surface area (Å²) in [6.07, 6.45) is 4.64. The van der Waals surface area contributed by atoms with Crippen LogP contribution in [0.2, 0.25) is 0 Å². The van der Waals surface area contributed by atoms with E-state index in [1.54, 1.807) is 13.1 Å². The molecule has 0 spiro atoms.